The van der Waals surface area contributed by atoms with Crippen molar-refractivity contribution < 1.29 is 4.79 Å². The van der Waals surface area contributed by atoms with Crippen LogP contribution in [0.5, 0.6) is 0 Å². The average molecular weight is 220 g/mol. The van der Waals surface area contributed by atoms with Gasteiger partial charge in [-0.05, 0) is 0 Å². The van der Waals surface area contributed by atoms with E-state index >= 15 is 0 Å². The lowest BCUT2D eigenvalue weighted by atomic mass is 10.2. The zero-order chi connectivity index (χ0) is 11.4. The summed E-state index contributed by atoms with van der Waals surface area (Å²) < 4.78 is 1.71. The van der Waals surface area contributed by atoms with Crippen LogP contribution in [0.3, 0.4) is 0 Å². The summed E-state index contributed by atoms with van der Waals surface area (Å²) in [5.74, 6) is 0.0665. The van der Waals surface area contributed by atoms with Crippen LogP contribution in [0.15, 0.2) is 25.0 Å². The fourth-order valence-electron chi connectivity index (χ4n) is 1.76. The smallest absolute Gasteiger partial charge is 0.257 e. The maximum Gasteiger partial charge on any atom is 0.257 e. The van der Waals surface area contributed by atoms with E-state index in [1.807, 2.05) is 4.90 Å². The molecule has 0 aromatic carbocycles. The maximum atomic E-state index is 12.0. The number of carbonyl (C=O) groups is 1. The number of nitrogens with one attached hydrogen (secondary N) is 1. The molecule has 1 saturated heterocycles. The zero-order valence-electron chi connectivity index (χ0n) is 9.22. The van der Waals surface area contributed by atoms with Crippen molar-refractivity contribution in [3.8, 4) is 0 Å². The van der Waals surface area contributed by atoms with Crippen molar-refractivity contribution in [1.29, 1.82) is 0 Å². The minimum Gasteiger partial charge on any atom is -0.336 e. The molecule has 0 bridgehead atoms. The molecule has 0 saturated carbocycles. The van der Waals surface area contributed by atoms with Crippen LogP contribution in [0.4, 0.5) is 0 Å². The Morgan fingerprint density at radius 3 is 3.00 bits per heavy atom. The molecule has 0 unspecified atom stereocenters. The molecule has 0 aliphatic carbocycles. The molecule has 1 aromatic rings. The molecular weight excluding hydrogens is 204 g/mol. The molecule has 5 nitrogen and oxygen atoms in total. The molecule has 86 valence electrons. The lowest BCUT2D eigenvalue weighted by Crippen LogP contribution is -2.46. The molecule has 1 aliphatic heterocycles. The standard InChI is InChI=1S/C11H16N4O/c1-2-5-15-9-10(8-13-15)11(16)14-6-3-12-4-7-14/h2,8-9,12H,1,3-7H2. The lowest BCUT2D eigenvalue weighted by Gasteiger charge is -2.26. The maximum absolute atomic E-state index is 12.0. The van der Waals surface area contributed by atoms with E-state index in [9.17, 15) is 4.79 Å². The summed E-state index contributed by atoms with van der Waals surface area (Å²) in [7, 11) is 0. The Kier molecular flexibility index (Phi) is 3.36. The fourth-order valence-corrected chi connectivity index (χ4v) is 1.76. The van der Waals surface area contributed by atoms with Gasteiger partial charge in [-0.3, -0.25) is 9.48 Å². The van der Waals surface area contributed by atoms with Gasteiger partial charge in [-0.25, -0.2) is 0 Å². The Hall–Kier alpha value is -1.62. The monoisotopic (exact) mass is 220 g/mol. The summed E-state index contributed by atoms with van der Waals surface area (Å²) in [5.41, 5.74) is 0.656. The first kappa shape index (κ1) is 10.9. The van der Waals surface area contributed by atoms with Crippen LogP contribution in [0.25, 0.3) is 0 Å². The summed E-state index contributed by atoms with van der Waals surface area (Å²) >= 11 is 0. The van der Waals surface area contributed by atoms with Crippen LogP contribution in [0, 0.1) is 0 Å². The van der Waals surface area contributed by atoms with Crippen LogP contribution in [-0.2, 0) is 6.54 Å². The largest absolute Gasteiger partial charge is 0.336 e. The normalized spacial score (nSPS) is 16.1. The second-order valence-corrected chi connectivity index (χ2v) is 3.78. The number of hydrogen-bond acceptors (Lipinski definition) is 3. The number of allylic oxidation sites excluding steroid dienone is 1. The molecule has 2 heterocycles. The van der Waals surface area contributed by atoms with E-state index in [-0.39, 0.29) is 5.91 Å². The second kappa shape index (κ2) is 4.94. The summed E-state index contributed by atoms with van der Waals surface area (Å²) in [6.07, 6.45) is 5.14. The van der Waals surface area contributed by atoms with Gasteiger partial charge < -0.3 is 10.2 Å². The SMILES string of the molecule is C=CCn1cc(C(=O)N2CCNCC2)cn1. The Morgan fingerprint density at radius 2 is 2.31 bits per heavy atom. The van der Waals surface area contributed by atoms with Gasteiger partial charge in [0.25, 0.3) is 5.91 Å². The molecule has 0 spiro atoms. The third kappa shape index (κ3) is 2.30. The Balaban J connectivity index is 2.04. The Labute approximate surface area is 94.7 Å². The number of nitrogens with zero attached hydrogens (tertiary/aromatic N) is 3. The van der Waals surface area contributed by atoms with Crippen molar-refractivity contribution >= 4 is 5.91 Å². The highest BCUT2D eigenvalue weighted by Crippen LogP contribution is 2.05. The summed E-state index contributed by atoms with van der Waals surface area (Å²) in [5, 5.41) is 7.32. The highest BCUT2D eigenvalue weighted by molar-refractivity contribution is 5.93. The quantitative estimate of drug-likeness (QED) is 0.736. The van der Waals surface area contributed by atoms with E-state index in [1.165, 1.54) is 0 Å². The molecule has 5 heteroatoms. The van der Waals surface area contributed by atoms with Gasteiger partial charge in [0.1, 0.15) is 0 Å². The highest BCUT2D eigenvalue weighted by atomic mass is 16.2. The van der Waals surface area contributed by atoms with Gasteiger partial charge in [0.05, 0.1) is 18.3 Å². The van der Waals surface area contributed by atoms with Crippen LogP contribution >= 0.6 is 0 Å². The first-order chi connectivity index (χ1) is 7.81. The van der Waals surface area contributed by atoms with E-state index in [0.717, 1.165) is 26.2 Å². The van der Waals surface area contributed by atoms with Crippen LogP contribution in [0.2, 0.25) is 0 Å². The van der Waals surface area contributed by atoms with Crippen molar-refractivity contribution in [2.45, 2.75) is 6.54 Å². The minimum atomic E-state index is 0.0665. The van der Waals surface area contributed by atoms with Crippen LogP contribution < -0.4 is 5.32 Å². The number of rotatable bonds is 3. The van der Waals surface area contributed by atoms with Gasteiger partial charge in [-0.1, -0.05) is 6.08 Å². The number of amides is 1. The molecule has 16 heavy (non-hydrogen) atoms. The molecule has 1 amide bonds. The van der Waals surface area contributed by atoms with E-state index in [2.05, 4.69) is 17.0 Å². The Bertz CT molecular complexity index is 379. The highest BCUT2D eigenvalue weighted by Gasteiger charge is 2.18. The molecular formula is C11H16N4O. The summed E-state index contributed by atoms with van der Waals surface area (Å²) in [4.78, 5) is 13.9. The topological polar surface area (TPSA) is 50.2 Å². The fraction of sp³-hybridized carbons (Fsp3) is 0.455. The Morgan fingerprint density at radius 1 is 1.56 bits per heavy atom. The van der Waals surface area contributed by atoms with Crippen molar-refractivity contribution in [2.24, 2.45) is 0 Å². The van der Waals surface area contributed by atoms with E-state index in [0.29, 0.717) is 12.1 Å². The zero-order valence-corrected chi connectivity index (χ0v) is 9.22. The van der Waals surface area contributed by atoms with Crippen LogP contribution in [-0.4, -0.2) is 46.8 Å². The molecule has 1 aromatic heterocycles. The van der Waals surface area contributed by atoms with Gasteiger partial charge in [0.2, 0.25) is 0 Å². The van der Waals surface area contributed by atoms with E-state index in [1.54, 1.807) is 23.2 Å². The van der Waals surface area contributed by atoms with Gasteiger partial charge >= 0.3 is 0 Å². The average Bonchev–Trinajstić information content (AvgIpc) is 2.78. The molecule has 1 aliphatic rings. The number of carbonyl (C=O) groups excluding carboxylic acids is 1. The first-order valence-corrected chi connectivity index (χ1v) is 5.44. The molecule has 0 radical (unpaired) electrons. The first-order valence-electron chi connectivity index (χ1n) is 5.44. The molecule has 0 atom stereocenters. The third-order valence-corrected chi connectivity index (χ3v) is 2.60. The van der Waals surface area contributed by atoms with E-state index in [4.69, 9.17) is 0 Å². The summed E-state index contributed by atoms with van der Waals surface area (Å²) in [6.45, 7) is 7.54. The van der Waals surface area contributed by atoms with Gasteiger partial charge in [0.15, 0.2) is 0 Å². The molecule has 1 N–H and O–H groups in total. The third-order valence-electron chi connectivity index (χ3n) is 2.60. The van der Waals surface area contributed by atoms with E-state index < -0.39 is 0 Å². The minimum absolute atomic E-state index is 0.0665. The van der Waals surface area contributed by atoms with Crippen molar-refractivity contribution in [3.05, 3.63) is 30.6 Å². The number of piperazine rings is 1. The predicted octanol–water partition coefficient (Wildman–Crippen LogP) is 0.114. The van der Waals surface area contributed by atoms with Gasteiger partial charge in [-0.15, -0.1) is 6.58 Å². The van der Waals surface area contributed by atoms with Crippen LogP contribution in [0.1, 0.15) is 10.4 Å². The number of aromatic nitrogens is 2. The number of hydrogen-bond donors (Lipinski definition) is 1. The predicted molar refractivity (Wildman–Crippen MR) is 61.2 cm³/mol. The van der Waals surface area contributed by atoms with Gasteiger partial charge in [0, 0.05) is 32.4 Å². The van der Waals surface area contributed by atoms with Crippen molar-refractivity contribution in [3.63, 3.8) is 0 Å². The van der Waals surface area contributed by atoms with Crippen molar-refractivity contribution in [1.82, 2.24) is 20.0 Å². The van der Waals surface area contributed by atoms with Crippen molar-refractivity contribution in [2.75, 3.05) is 26.2 Å². The summed E-state index contributed by atoms with van der Waals surface area (Å²) in [6, 6.07) is 0. The molecule has 2 rings (SSSR count). The molecule has 1 fully saturated rings. The lowest BCUT2D eigenvalue weighted by molar-refractivity contribution is 0.0735. The van der Waals surface area contributed by atoms with Gasteiger partial charge in [-0.2, -0.15) is 5.10 Å². The second-order valence-electron chi connectivity index (χ2n) is 3.78.